The summed E-state index contributed by atoms with van der Waals surface area (Å²) in [6.07, 6.45) is 5.33. The lowest BCUT2D eigenvalue weighted by Gasteiger charge is -2.17. The summed E-state index contributed by atoms with van der Waals surface area (Å²) in [5, 5.41) is 1.54. The van der Waals surface area contributed by atoms with Crippen LogP contribution in [0.25, 0.3) is 11.2 Å². The molecule has 30 heavy (non-hydrogen) atoms. The van der Waals surface area contributed by atoms with E-state index in [0.717, 1.165) is 4.57 Å². The number of fused-ring (bicyclic) bond motifs is 1. The Kier molecular flexibility index (Phi) is 5.56. The van der Waals surface area contributed by atoms with Gasteiger partial charge in [0.25, 0.3) is 5.56 Å². The van der Waals surface area contributed by atoms with Crippen LogP contribution in [-0.4, -0.2) is 47.1 Å². The van der Waals surface area contributed by atoms with Crippen LogP contribution in [0.1, 0.15) is 11.4 Å². The first-order valence-electron chi connectivity index (χ1n) is 8.91. The largest absolute Gasteiger partial charge is 0.493 e. The van der Waals surface area contributed by atoms with Gasteiger partial charge in [-0.3, -0.25) is 4.79 Å². The molecule has 0 aliphatic heterocycles. The predicted molar refractivity (Wildman–Crippen MR) is 114 cm³/mol. The molecule has 0 aliphatic rings. The normalized spacial score (nSPS) is 10.3. The van der Waals surface area contributed by atoms with Crippen molar-refractivity contribution in [3.05, 3.63) is 50.4 Å². The van der Waals surface area contributed by atoms with E-state index in [1.807, 2.05) is 0 Å². The standard InChI is InChI=1S/C21H21N5O4/c1-7-12-25-20(27)18-19(26(21(25)28)23(2)3)22-17(24(18)4)11-9-14-8-10-15(29-5)16(13-14)30-6/h1,8,10,13H,12H2,2-6H3. The summed E-state index contributed by atoms with van der Waals surface area (Å²) in [6, 6.07) is 5.27. The molecule has 9 nitrogen and oxygen atoms in total. The Hall–Kier alpha value is -4.11. The molecule has 2 heterocycles. The Balaban J connectivity index is 2.23. The third-order valence-electron chi connectivity index (χ3n) is 4.49. The zero-order chi connectivity index (χ0) is 22.0. The maximum atomic E-state index is 12.9. The predicted octanol–water partition coefficient (Wildman–Crippen LogP) is 0.145. The van der Waals surface area contributed by atoms with Crippen LogP contribution in [-0.2, 0) is 13.6 Å². The monoisotopic (exact) mass is 407 g/mol. The molecule has 0 spiro atoms. The Morgan fingerprint density at radius 2 is 1.83 bits per heavy atom. The SMILES string of the molecule is C#CCn1c(=O)c2c(nc(C#Cc3ccc(OC)c(OC)c3)n2C)n(N(C)C)c1=O. The van der Waals surface area contributed by atoms with Crippen LogP contribution >= 0.6 is 0 Å². The molecule has 2 aromatic heterocycles. The van der Waals surface area contributed by atoms with Crippen molar-refractivity contribution < 1.29 is 9.47 Å². The summed E-state index contributed by atoms with van der Waals surface area (Å²) < 4.78 is 14.4. The van der Waals surface area contributed by atoms with Crippen molar-refractivity contribution in [3.63, 3.8) is 0 Å². The van der Waals surface area contributed by atoms with Crippen molar-refractivity contribution in [1.29, 1.82) is 0 Å². The van der Waals surface area contributed by atoms with Crippen molar-refractivity contribution in [2.24, 2.45) is 7.05 Å². The van der Waals surface area contributed by atoms with Gasteiger partial charge in [0.05, 0.1) is 20.8 Å². The van der Waals surface area contributed by atoms with E-state index in [0.29, 0.717) is 22.9 Å². The fraction of sp³-hybridized carbons (Fsp3) is 0.286. The number of aryl methyl sites for hydroxylation is 1. The van der Waals surface area contributed by atoms with Crippen molar-refractivity contribution in [2.75, 3.05) is 33.3 Å². The quantitative estimate of drug-likeness (QED) is 0.573. The fourth-order valence-electron chi connectivity index (χ4n) is 3.04. The van der Waals surface area contributed by atoms with Crippen LogP contribution in [0.5, 0.6) is 11.5 Å². The summed E-state index contributed by atoms with van der Waals surface area (Å²) in [4.78, 5) is 30.1. The zero-order valence-corrected chi connectivity index (χ0v) is 17.4. The second-order valence-corrected chi connectivity index (χ2v) is 6.52. The van der Waals surface area contributed by atoms with Gasteiger partial charge in [0, 0.05) is 26.7 Å². The highest BCUT2D eigenvalue weighted by molar-refractivity contribution is 5.72. The van der Waals surface area contributed by atoms with Crippen molar-refractivity contribution in [3.8, 4) is 35.7 Å². The molecular formula is C21H21N5O4. The van der Waals surface area contributed by atoms with E-state index in [2.05, 4.69) is 22.7 Å². The first-order valence-corrected chi connectivity index (χ1v) is 8.91. The Morgan fingerprint density at radius 1 is 1.13 bits per heavy atom. The highest BCUT2D eigenvalue weighted by Crippen LogP contribution is 2.27. The molecule has 0 bridgehead atoms. The van der Waals surface area contributed by atoms with Gasteiger partial charge in [0.15, 0.2) is 28.5 Å². The van der Waals surface area contributed by atoms with E-state index >= 15 is 0 Å². The van der Waals surface area contributed by atoms with Gasteiger partial charge in [-0.15, -0.1) is 6.42 Å². The van der Waals surface area contributed by atoms with Crippen LogP contribution < -0.4 is 25.7 Å². The molecule has 0 saturated heterocycles. The summed E-state index contributed by atoms with van der Waals surface area (Å²) in [5.41, 5.74) is 0.0418. The van der Waals surface area contributed by atoms with Gasteiger partial charge >= 0.3 is 5.69 Å². The van der Waals surface area contributed by atoms with Gasteiger partial charge in [-0.05, 0) is 24.1 Å². The average Bonchev–Trinajstić information content (AvgIpc) is 3.05. The first kappa shape index (κ1) is 20.6. The smallest absolute Gasteiger partial charge is 0.352 e. The number of imidazole rings is 1. The van der Waals surface area contributed by atoms with Crippen LogP contribution in [0.2, 0.25) is 0 Å². The summed E-state index contributed by atoms with van der Waals surface area (Å²) in [5.74, 6) is 9.76. The van der Waals surface area contributed by atoms with Crippen LogP contribution in [0.3, 0.4) is 0 Å². The molecular weight excluding hydrogens is 386 g/mol. The highest BCUT2D eigenvalue weighted by Gasteiger charge is 2.20. The number of hydrogen-bond acceptors (Lipinski definition) is 6. The topological polar surface area (TPSA) is 83.5 Å². The molecule has 0 atom stereocenters. The van der Waals surface area contributed by atoms with Crippen molar-refractivity contribution >= 4 is 11.2 Å². The average molecular weight is 407 g/mol. The van der Waals surface area contributed by atoms with E-state index in [-0.39, 0.29) is 17.7 Å². The molecule has 9 heteroatoms. The maximum Gasteiger partial charge on any atom is 0.352 e. The van der Waals surface area contributed by atoms with Gasteiger partial charge in [-0.2, -0.15) is 4.68 Å². The molecule has 0 fully saturated rings. The number of hydrogen-bond donors (Lipinski definition) is 0. The van der Waals surface area contributed by atoms with E-state index in [1.54, 1.807) is 58.1 Å². The minimum atomic E-state index is -0.562. The number of terminal acetylenes is 1. The first-order chi connectivity index (χ1) is 14.3. The van der Waals surface area contributed by atoms with Crippen LogP contribution in [0.4, 0.5) is 0 Å². The lowest BCUT2D eigenvalue weighted by atomic mass is 10.2. The molecule has 0 unspecified atom stereocenters. The van der Waals surface area contributed by atoms with Gasteiger partial charge in [-0.25, -0.2) is 14.3 Å². The number of benzene rings is 1. The fourth-order valence-corrected chi connectivity index (χ4v) is 3.04. The molecule has 0 N–H and O–H groups in total. The molecule has 0 amide bonds. The summed E-state index contributed by atoms with van der Waals surface area (Å²) in [6.45, 7) is -0.140. The Bertz CT molecular complexity index is 1340. The summed E-state index contributed by atoms with van der Waals surface area (Å²) in [7, 11) is 8.12. The maximum absolute atomic E-state index is 12.9. The van der Waals surface area contributed by atoms with E-state index in [4.69, 9.17) is 15.9 Å². The third kappa shape index (κ3) is 3.38. The molecule has 0 aliphatic carbocycles. The molecule has 1 aromatic carbocycles. The molecule has 154 valence electrons. The van der Waals surface area contributed by atoms with E-state index in [1.165, 1.54) is 9.69 Å². The lowest BCUT2D eigenvalue weighted by Crippen LogP contribution is -2.46. The number of nitrogens with zero attached hydrogens (tertiary/aromatic N) is 5. The summed E-state index contributed by atoms with van der Waals surface area (Å²) >= 11 is 0. The minimum Gasteiger partial charge on any atom is -0.493 e. The number of methoxy groups -OCH3 is 2. The van der Waals surface area contributed by atoms with Gasteiger partial charge in [-0.1, -0.05) is 11.8 Å². The number of aromatic nitrogens is 4. The second kappa shape index (κ2) is 8.10. The Labute approximate surface area is 173 Å². The van der Waals surface area contributed by atoms with Gasteiger partial charge in [0.1, 0.15) is 0 Å². The van der Waals surface area contributed by atoms with Crippen molar-refractivity contribution in [1.82, 2.24) is 18.8 Å². The molecule has 3 rings (SSSR count). The Morgan fingerprint density at radius 3 is 2.43 bits per heavy atom. The second-order valence-electron chi connectivity index (χ2n) is 6.52. The van der Waals surface area contributed by atoms with Crippen LogP contribution in [0.15, 0.2) is 27.8 Å². The van der Waals surface area contributed by atoms with E-state index < -0.39 is 11.2 Å². The molecule has 3 aromatic rings. The van der Waals surface area contributed by atoms with Crippen molar-refractivity contribution in [2.45, 2.75) is 6.54 Å². The van der Waals surface area contributed by atoms with Gasteiger partial charge in [0.2, 0.25) is 0 Å². The zero-order valence-electron chi connectivity index (χ0n) is 17.4. The molecule has 0 radical (unpaired) electrons. The number of rotatable bonds is 4. The van der Waals surface area contributed by atoms with E-state index in [9.17, 15) is 9.59 Å². The molecule has 0 saturated carbocycles. The highest BCUT2D eigenvalue weighted by atomic mass is 16.5. The minimum absolute atomic E-state index is 0.140. The number of ether oxygens (including phenoxy) is 2. The third-order valence-corrected chi connectivity index (χ3v) is 4.49. The lowest BCUT2D eigenvalue weighted by molar-refractivity contribution is 0.355. The van der Waals surface area contributed by atoms with Crippen LogP contribution in [0, 0.1) is 24.2 Å². The van der Waals surface area contributed by atoms with Gasteiger partial charge < -0.3 is 19.0 Å².